The van der Waals surface area contributed by atoms with Crippen LogP contribution in [0.15, 0.2) is 122 Å². The van der Waals surface area contributed by atoms with Gasteiger partial charge in [0.2, 0.25) is 5.91 Å². The Morgan fingerprint density at radius 1 is 0.679 bits per heavy atom. The first-order valence-electron chi connectivity index (χ1n) is 28.4. The first kappa shape index (κ1) is 59.1. The van der Waals surface area contributed by atoms with Crippen molar-refractivity contribution in [3.63, 3.8) is 0 Å². The minimum absolute atomic E-state index is 0.00625. The largest absolute Gasteiger partial charge is 0.497 e. The smallest absolute Gasteiger partial charge is 0.490 e. The fourth-order valence-corrected chi connectivity index (χ4v) is 12.0. The first-order chi connectivity index (χ1) is 40.3. The number of pyridine rings is 2. The van der Waals surface area contributed by atoms with Crippen LogP contribution in [0.1, 0.15) is 100 Å². The molecule has 12 rings (SSSR count). The highest BCUT2D eigenvalue weighted by Gasteiger charge is 2.54. The number of aliphatic carboxylic acids is 1. The zero-order chi connectivity index (χ0) is 59.5. The molecule has 440 valence electrons. The maximum Gasteiger partial charge on any atom is 0.490 e. The van der Waals surface area contributed by atoms with E-state index in [1.54, 1.807) is 25.8 Å². The first-order valence-corrected chi connectivity index (χ1v) is 28.4. The predicted molar refractivity (Wildman–Crippen MR) is 312 cm³/mol. The Morgan fingerprint density at radius 2 is 1.18 bits per heavy atom. The number of aliphatic hydroxyl groups is 2. The molecule has 7 heterocycles. The van der Waals surface area contributed by atoms with Crippen molar-refractivity contribution in [1.29, 1.82) is 0 Å². The van der Waals surface area contributed by atoms with E-state index in [4.69, 9.17) is 29.1 Å². The lowest BCUT2D eigenvalue weighted by Gasteiger charge is -2.24. The van der Waals surface area contributed by atoms with E-state index >= 15 is 0 Å². The number of anilines is 2. The lowest BCUT2D eigenvalue weighted by Crippen LogP contribution is -2.29. The fourth-order valence-electron chi connectivity index (χ4n) is 12.0. The van der Waals surface area contributed by atoms with Gasteiger partial charge in [-0.15, -0.1) is 0 Å². The molecule has 0 radical (unpaired) electrons. The monoisotopic (exact) mass is 1150 g/mol. The van der Waals surface area contributed by atoms with Crippen LogP contribution in [-0.2, 0) is 51.3 Å². The molecule has 1 amide bonds. The molecule has 3 aliphatic rings. The van der Waals surface area contributed by atoms with E-state index in [-0.39, 0.29) is 36.1 Å². The normalized spacial score (nSPS) is 21.7. The number of aliphatic hydroxyl groups excluding tert-OH is 2. The number of aryl methyl sites for hydroxylation is 4. The standard InChI is InChI=1S/C35H39N5O3.C26H29N5O3.C2HF3O2/c1-5-28-27-16-17-40(34(27)38-21-37-28)30-19-25(32-33(30)43-35(2,3)42-32)11-7-22-6-10-24-12-15-31(39-29(24)18-22)36-20-23-8-13-26(41-4)14-9-23;1-3-20-19-10-11-31(26(19)28-14-27-20)22-13-18(24(33)25(22)34)7-5-16-4-6-17-8-9-23(29-15(2)32)30-21(17)12-16;3-2(4,5)1(6)7/h6,8-10,12-18,21,25,30,32-33H,5,7,11,19-20H2,1-4H3,(H,36,39);4,6,8-12,14,18,22,24-25,33-34H,3,5,7,13H2,1-2H3,(H,29,30,32);(H,6,7)/t25-,30+,32+,33-;18-,22+,24+,25-;/m00./s1. The number of carboxylic acids is 1. The van der Waals surface area contributed by atoms with E-state index in [1.807, 2.05) is 67.1 Å². The number of halogens is 3. The van der Waals surface area contributed by atoms with Crippen molar-refractivity contribution in [2.24, 2.45) is 11.8 Å². The topological polar surface area (TPSA) is 234 Å². The van der Waals surface area contributed by atoms with Crippen LogP contribution in [0.4, 0.5) is 24.8 Å². The summed E-state index contributed by atoms with van der Waals surface area (Å²) in [5.41, 5.74) is 9.26. The number of nitrogens with one attached hydrogen (secondary N) is 2. The van der Waals surface area contributed by atoms with Crippen LogP contribution in [0.25, 0.3) is 43.9 Å². The molecule has 3 aromatic carbocycles. The molecule has 2 aliphatic carbocycles. The third-order valence-electron chi connectivity index (χ3n) is 16.2. The number of hydrogen-bond acceptors (Lipinski definition) is 14. The van der Waals surface area contributed by atoms with Gasteiger partial charge in [0.25, 0.3) is 0 Å². The van der Waals surface area contributed by atoms with Crippen molar-refractivity contribution in [3.8, 4) is 5.75 Å². The molecule has 5 N–H and O–H groups in total. The van der Waals surface area contributed by atoms with Gasteiger partial charge in [-0.3, -0.25) is 4.79 Å². The molecule has 0 bridgehead atoms. The van der Waals surface area contributed by atoms with Gasteiger partial charge in [-0.25, -0.2) is 34.7 Å². The van der Waals surface area contributed by atoms with E-state index in [0.29, 0.717) is 24.7 Å². The summed E-state index contributed by atoms with van der Waals surface area (Å²) >= 11 is 0. The van der Waals surface area contributed by atoms with E-state index < -0.39 is 30.1 Å². The molecule has 84 heavy (non-hydrogen) atoms. The van der Waals surface area contributed by atoms with Gasteiger partial charge in [-0.1, -0.05) is 50.2 Å². The van der Waals surface area contributed by atoms with Gasteiger partial charge in [0, 0.05) is 47.4 Å². The zero-order valence-electron chi connectivity index (χ0n) is 47.6. The molecule has 0 spiro atoms. The number of fused-ring (bicyclic) bond motifs is 5. The van der Waals surface area contributed by atoms with Gasteiger partial charge < -0.3 is 49.3 Å². The molecule has 1 saturated heterocycles. The number of rotatable bonds is 15. The van der Waals surface area contributed by atoms with Crippen LogP contribution in [-0.4, -0.2) is 110 Å². The van der Waals surface area contributed by atoms with Crippen molar-refractivity contribution in [3.05, 3.63) is 150 Å². The van der Waals surface area contributed by atoms with Crippen LogP contribution in [0, 0.1) is 11.8 Å². The van der Waals surface area contributed by atoms with E-state index in [2.05, 4.69) is 109 Å². The summed E-state index contributed by atoms with van der Waals surface area (Å²) in [5.74, 6) is -0.898. The molecule has 21 heteroatoms. The Kier molecular flexibility index (Phi) is 17.6. The molecule has 9 aromatic rings. The van der Waals surface area contributed by atoms with Gasteiger partial charge >= 0.3 is 12.1 Å². The molecular weight excluding hydrogens is 1080 g/mol. The van der Waals surface area contributed by atoms with Gasteiger partial charge in [0.1, 0.15) is 53.5 Å². The second-order valence-electron chi connectivity index (χ2n) is 22.2. The van der Waals surface area contributed by atoms with Crippen molar-refractivity contribution >= 4 is 67.4 Å². The van der Waals surface area contributed by atoms with E-state index in [1.165, 1.54) is 18.1 Å². The number of benzene rings is 3. The van der Waals surface area contributed by atoms with Crippen LogP contribution >= 0.6 is 0 Å². The van der Waals surface area contributed by atoms with Gasteiger partial charge in [-0.2, -0.15) is 13.2 Å². The van der Waals surface area contributed by atoms with Gasteiger partial charge in [-0.05, 0) is 154 Å². The molecule has 18 nitrogen and oxygen atoms in total. The van der Waals surface area contributed by atoms with Crippen LogP contribution < -0.4 is 15.4 Å². The molecule has 2 saturated carbocycles. The predicted octanol–water partition coefficient (Wildman–Crippen LogP) is 10.9. The Bertz CT molecular complexity index is 3800. The maximum absolute atomic E-state index is 11.3. The number of alkyl halides is 3. The quantitative estimate of drug-likeness (QED) is 0.0642. The highest BCUT2D eigenvalue weighted by molar-refractivity contribution is 5.90. The lowest BCUT2D eigenvalue weighted by atomic mass is 9.95. The molecule has 6 aromatic heterocycles. The summed E-state index contributed by atoms with van der Waals surface area (Å²) in [6, 6.07) is 32.9. The average molecular weight is 1150 g/mol. The highest BCUT2D eigenvalue weighted by atomic mass is 19.4. The summed E-state index contributed by atoms with van der Waals surface area (Å²) in [6.45, 7) is 10.4. The Morgan fingerprint density at radius 3 is 1.73 bits per heavy atom. The van der Waals surface area contributed by atoms with Crippen molar-refractivity contribution in [2.75, 3.05) is 17.7 Å². The number of carbonyl (C=O) groups excluding carboxylic acids is 1. The van der Waals surface area contributed by atoms with E-state index in [0.717, 1.165) is 117 Å². The number of amides is 1. The molecule has 1 aliphatic heterocycles. The second kappa shape index (κ2) is 25.0. The minimum atomic E-state index is -5.08. The van der Waals surface area contributed by atoms with Crippen molar-refractivity contribution < 1.29 is 52.3 Å². The summed E-state index contributed by atoms with van der Waals surface area (Å²) in [6.07, 6.45) is 7.54. The van der Waals surface area contributed by atoms with Gasteiger partial charge in [0.15, 0.2) is 5.79 Å². The number of ether oxygens (including phenoxy) is 3. The van der Waals surface area contributed by atoms with Crippen LogP contribution in [0.2, 0.25) is 0 Å². The molecule has 0 unspecified atom stereocenters. The average Bonchev–Trinajstić information content (AvgIpc) is 1.91. The highest BCUT2D eigenvalue weighted by Crippen LogP contribution is 2.49. The molecule has 3 fully saturated rings. The summed E-state index contributed by atoms with van der Waals surface area (Å²) in [5, 5.41) is 39.3. The fraction of sp³-hybridized carbons (Fsp3) is 0.397. The van der Waals surface area contributed by atoms with Crippen LogP contribution in [0.5, 0.6) is 5.75 Å². The number of nitrogens with zero attached hydrogens (tertiary/aromatic N) is 8. The number of aromatic nitrogens is 8. The van der Waals surface area contributed by atoms with Crippen LogP contribution in [0.3, 0.4) is 0 Å². The Balaban J connectivity index is 0.000000172. The SMILES string of the molecule is CCc1ncnc2c1ccn2[C@@H]1C[C@H](CCc2ccc3ccc(NC(C)=O)nc3c2)[C@@H](O)[C@H]1O.CCc1ncnc2c1ccn2[C@@H]1C[C@H](CCc2ccc3ccc(NCc4ccc(OC)cc4)nc3c2)[C@H]2OC(C)(C)O[C@H]21.O=C(O)C(F)(F)F. The molecular formula is C63H69F3N10O8. The summed E-state index contributed by atoms with van der Waals surface area (Å²) in [4.78, 5) is 47.7. The molecule has 8 atom stereocenters. The minimum Gasteiger partial charge on any atom is -0.497 e. The van der Waals surface area contributed by atoms with Crippen molar-refractivity contribution in [1.82, 2.24) is 39.0 Å². The lowest BCUT2D eigenvalue weighted by molar-refractivity contribution is -0.192. The number of carboxylic acid groups (broad SMARTS) is 1. The Hall–Kier alpha value is -8.11. The summed E-state index contributed by atoms with van der Waals surface area (Å²) in [7, 11) is 1.68. The number of hydrogen-bond donors (Lipinski definition) is 5. The number of methoxy groups -OCH3 is 1. The summed E-state index contributed by atoms with van der Waals surface area (Å²) < 4.78 is 54.4. The van der Waals surface area contributed by atoms with E-state index in [9.17, 15) is 28.2 Å². The van der Waals surface area contributed by atoms with Gasteiger partial charge in [0.05, 0.1) is 53.8 Å². The maximum atomic E-state index is 11.3. The number of carbonyl (C=O) groups is 2. The zero-order valence-corrected chi connectivity index (χ0v) is 47.6. The Labute approximate surface area is 483 Å². The van der Waals surface area contributed by atoms with Crippen molar-refractivity contribution in [2.45, 2.75) is 141 Å². The third kappa shape index (κ3) is 13.1. The second-order valence-corrected chi connectivity index (χ2v) is 22.2. The third-order valence-corrected chi connectivity index (χ3v) is 16.2.